The van der Waals surface area contributed by atoms with Crippen LogP contribution in [0.15, 0.2) is 36.8 Å². The predicted octanol–water partition coefficient (Wildman–Crippen LogP) is 3.76. The molecule has 0 bridgehead atoms. The van der Waals surface area contributed by atoms with E-state index >= 15 is 0 Å². The normalized spacial score (nSPS) is 11.4. The molecule has 0 N–H and O–H groups in total. The Morgan fingerprint density at radius 1 is 1.25 bits per heavy atom. The summed E-state index contributed by atoms with van der Waals surface area (Å²) < 4.78 is 38.3. The molecule has 2 rings (SSSR count). The fourth-order valence-corrected chi connectivity index (χ4v) is 1.76. The van der Waals surface area contributed by atoms with Crippen LogP contribution in [0, 0.1) is 0 Å². The van der Waals surface area contributed by atoms with E-state index in [1.165, 1.54) is 12.4 Å². The molecule has 20 heavy (non-hydrogen) atoms. The minimum Gasteiger partial charge on any atom is -0.292 e. The molecule has 0 aliphatic heterocycles. The van der Waals surface area contributed by atoms with E-state index in [2.05, 4.69) is 9.97 Å². The van der Waals surface area contributed by atoms with Crippen LogP contribution in [-0.2, 0) is 6.18 Å². The third-order valence-electron chi connectivity index (χ3n) is 2.79. The van der Waals surface area contributed by atoms with Gasteiger partial charge in [0.25, 0.3) is 0 Å². The average molecular weight is 280 g/mol. The van der Waals surface area contributed by atoms with Crippen LogP contribution in [0.1, 0.15) is 29.4 Å². The number of Topliss-reactive ketones (excluding diaryl/α,β-unsaturated/α-hetero) is 1. The summed E-state index contributed by atoms with van der Waals surface area (Å²) in [7, 11) is 0. The number of hydrogen-bond donors (Lipinski definition) is 0. The standard InChI is InChI=1S/C14H11F3N2O/c1-2-12(20)13-11(9-3-5-18-6-4-9)7-10(8-19-13)14(15,16)17/h3-8H,2H2,1H3. The van der Waals surface area contributed by atoms with Gasteiger partial charge in [-0.3, -0.25) is 14.8 Å². The van der Waals surface area contributed by atoms with Crippen LogP contribution in [0.4, 0.5) is 13.2 Å². The highest BCUT2D eigenvalue weighted by molar-refractivity contribution is 6.00. The van der Waals surface area contributed by atoms with E-state index in [9.17, 15) is 18.0 Å². The molecule has 104 valence electrons. The molecule has 0 spiro atoms. The summed E-state index contributed by atoms with van der Waals surface area (Å²) in [6.07, 6.45) is -0.724. The first kappa shape index (κ1) is 14.2. The highest BCUT2D eigenvalue weighted by atomic mass is 19.4. The third kappa shape index (κ3) is 2.84. The minimum absolute atomic E-state index is 0.0479. The molecule has 0 aliphatic carbocycles. The SMILES string of the molecule is CCC(=O)c1ncc(C(F)(F)F)cc1-c1ccncc1. The molecule has 0 saturated heterocycles. The van der Waals surface area contributed by atoms with Gasteiger partial charge in [-0.15, -0.1) is 0 Å². The topological polar surface area (TPSA) is 42.9 Å². The van der Waals surface area contributed by atoms with E-state index in [4.69, 9.17) is 0 Å². The van der Waals surface area contributed by atoms with Crippen molar-refractivity contribution in [2.75, 3.05) is 0 Å². The highest BCUT2D eigenvalue weighted by Crippen LogP contribution is 2.33. The van der Waals surface area contributed by atoms with Crippen LogP contribution in [0.25, 0.3) is 11.1 Å². The first-order valence-corrected chi connectivity index (χ1v) is 5.94. The van der Waals surface area contributed by atoms with Gasteiger partial charge in [-0.05, 0) is 23.8 Å². The van der Waals surface area contributed by atoms with E-state index < -0.39 is 11.7 Å². The fraction of sp³-hybridized carbons (Fsp3) is 0.214. The van der Waals surface area contributed by atoms with Gasteiger partial charge in [0.15, 0.2) is 5.78 Å². The molecule has 0 radical (unpaired) electrons. The second-order valence-corrected chi connectivity index (χ2v) is 4.13. The van der Waals surface area contributed by atoms with Gasteiger partial charge in [0.2, 0.25) is 0 Å². The van der Waals surface area contributed by atoms with Gasteiger partial charge in [0.1, 0.15) is 5.69 Å². The molecular weight excluding hydrogens is 269 g/mol. The van der Waals surface area contributed by atoms with Gasteiger partial charge in [-0.25, -0.2) is 0 Å². The average Bonchev–Trinajstić information content (AvgIpc) is 2.46. The van der Waals surface area contributed by atoms with E-state index in [1.807, 2.05) is 0 Å². The maximum Gasteiger partial charge on any atom is 0.417 e. The lowest BCUT2D eigenvalue weighted by Crippen LogP contribution is -2.10. The van der Waals surface area contributed by atoms with E-state index in [1.54, 1.807) is 19.1 Å². The number of pyridine rings is 2. The molecule has 0 aromatic carbocycles. The molecule has 0 unspecified atom stereocenters. The number of carbonyl (C=O) groups is 1. The summed E-state index contributed by atoms with van der Waals surface area (Å²) in [5.41, 5.74) is -0.173. The summed E-state index contributed by atoms with van der Waals surface area (Å²) in [5.74, 6) is -0.300. The Hall–Kier alpha value is -2.24. The number of hydrogen-bond acceptors (Lipinski definition) is 3. The van der Waals surface area contributed by atoms with Crippen molar-refractivity contribution in [2.45, 2.75) is 19.5 Å². The molecule has 2 aromatic heterocycles. The zero-order valence-electron chi connectivity index (χ0n) is 10.6. The Kier molecular flexibility index (Phi) is 3.83. The molecule has 0 atom stereocenters. The van der Waals surface area contributed by atoms with E-state index in [0.29, 0.717) is 11.8 Å². The van der Waals surface area contributed by atoms with Gasteiger partial charge >= 0.3 is 6.18 Å². The van der Waals surface area contributed by atoms with Crippen molar-refractivity contribution in [3.8, 4) is 11.1 Å². The minimum atomic E-state index is -4.50. The monoisotopic (exact) mass is 280 g/mol. The molecule has 0 saturated carbocycles. The van der Waals surface area contributed by atoms with Crippen LogP contribution in [0.3, 0.4) is 0 Å². The number of ketones is 1. The summed E-state index contributed by atoms with van der Waals surface area (Å²) in [4.78, 5) is 19.3. The predicted molar refractivity (Wildman–Crippen MR) is 67.1 cm³/mol. The quantitative estimate of drug-likeness (QED) is 0.804. The van der Waals surface area contributed by atoms with Crippen molar-refractivity contribution in [2.24, 2.45) is 0 Å². The molecule has 0 aliphatic rings. The van der Waals surface area contributed by atoms with Crippen molar-refractivity contribution in [1.82, 2.24) is 9.97 Å². The second kappa shape index (κ2) is 5.40. The van der Waals surface area contributed by atoms with Crippen LogP contribution < -0.4 is 0 Å². The zero-order valence-corrected chi connectivity index (χ0v) is 10.6. The van der Waals surface area contributed by atoms with Crippen molar-refractivity contribution in [3.05, 3.63) is 48.0 Å². The number of halogens is 3. The lowest BCUT2D eigenvalue weighted by atomic mass is 10.00. The van der Waals surface area contributed by atoms with Crippen LogP contribution in [0.2, 0.25) is 0 Å². The van der Waals surface area contributed by atoms with Crippen LogP contribution >= 0.6 is 0 Å². The van der Waals surface area contributed by atoms with Gasteiger partial charge in [-0.2, -0.15) is 13.2 Å². The Balaban J connectivity index is 2.64. The first-order valence-electron chi connectivity index (χ1n) is 5.94. The Bertz CT molecular complexity index is 624. The van der Waals surface area contributed by atoms with Gasteiger partial charge < -0.3 is 0 Å². The number of alkyl halides is 3. The molecule has 0 fully saturated rings. The maximum absolute atomic E-state index is 12.8. The lowest BCUT2D eigenvalue weighted by Gasteiger charge is -2.11. The van der Waals surface area contributed by atoms with Gasteiger partial charge in [-0.1, -0.05) is 6.92 Å². The Morgan fingerprint density at radius 3 is 2.45 bits per heavy atom. The summed E-state index contributed by atoms with van der Waals surface area (Å²) in [5, 5.41) is 0. The van der Waals surface area contributed by atoms with E-state index in [-0.39, 0.29) is 23.5 Å². The van der Waals surface area contributed by atoms with Crippen LogP contribution in [0.5, 0.6) is 0 Å². The van der Waals surface area contributed by atoms with Crippen molar-refractivity contribution >= 4 is 5.78 Å². The first-order chi connectivity index (χ1) is 9.43. The number of carbonyl (C=O) groups excluding carboxylic acids is 1. The number of nitrogens with zero attached hydrogens (tertiary/aromatic N) is 2. The molecule has 3 nitrogen and oxygen atoms in total. The highest BCUT2D eigenvalue weighted by Gasteiger charge is 2.32. The van der Waals surface area contributed by atoms with Gasteiger partial charge in [0.05, 0.1) is 5.56 Å². The van der Waals surface area contributed by atoms with Crippen LogP contribution in [-0.4, -0.2) is 15.8 Å². The number of aromatic nitrogens is 2. The maximum atomic E-state index is 12.8. The van der Waals surface area contributed by atoms with Gasteiger partial charge in [0, 0.05) is 30.6 Å². The van der Waals surface area contributed by atoms with Crippen molar-refractivity contribution in [3.63, 3.8) is 0 Å². The Labute approximate surface area is 113 Å². The smallest absolute Gasteiger partial charge is 0.292 e. The van der Waals surface area contributed by atoms with Crippen molar-refractivity contribution in [1.29, 1.82) is 0 Å². The summed E-state index contributed by atoms with van der Waals surface area (Å²) in [6.45, 7) is 1.64. The molecular formula is C14H11F3N2O. The largest absolute Gasteiger partial charge is 0.417 e. The second-order valence-electron chi connectivity index (χ2n) is 4.13. The molecule has 2 aromatic rings. The molecule has 2 heterocycles. The summed E-state index contributed by atoms with van der Waals surface area (Å²) in [6, 6.07) is 4.04. The zero-order chi connectivity index (χ0) is 14.8. The molecule has 0 amide bonds. The van der Waals surface area contributed by atoms with E-state index in [0.717, 1.165) is 6.07 Å². The number of rotatable bonds is 3. The summed E-state index contributed by atoms with van der Waals surface area (Å²) >= 11 is 0. The Morgan fingerprint density at radius 2 is 1.90 bits per heavy atom. The lowest BCUT2D eigenvalue weighted by molar-refractivity contribution is -0.137. The van der Waals surface area contributed by atoms with Crippen molar-refractivity contribution < 1.29 is 18.0 Å². The molecule has 6 heteroatoms. The fourth-order valence-electron chi connectivity index (χ4n) is 1.76. The third-order valence-corrected chi connectivity index (χ3v) is 2.79.